The van der Waals surface area contributed by atoms with E-state index >= 15 is 0 Å². The van der Waals surface area contributed by atoms with Gasteiger partial charge in [0.25, 0.3) is 0 Å². The molecule has 1 amide bonds. The lowest BCUT2D eigenvalue weighted by Gasteiger charge is -2.27. The molecule has 0 aromatic rings. The van der Waals surface area contributed by atoms with E-state index in [0.717, 1.165) is 38.9 Å². The number of amides is 1. The van der Waals surface area contributed by atoms with Crippen molar-refractivity contribution in [3.05, 3.63) is 0 Å². The van der Waals surface area contributed by atoms with E-state index in [1.165, 1.54) is 12.8 Å². The quantitative estimate of drug-likeness (QED) is 0.797. The molecule has 0 saturated carbocycles. The van der Waals surface area contributed by atoms with Crippen molar-refractivity contribution in [2.24, 2.45) is 0 Å². The second-order valence-corrected chi connectivity index (χ2v) is 6.12. The van der Waals surface area contributed by atoms with Crippen molar-refractivity contribution >= 4 is 5.91 Å². The van der Waals surface area contributed by atoms with Gasteiger partial charge in [0, 0.05) is 19.1 Å². The van der Waals surface area contributed by atoms with Crippen molar-refractivity contribution in [2.45, 2.75) is 58.0 Å². The van der Waals surface area contributed by atoms with Gasteiger partial charge in [-0.3, -0.25) is 4.79 Å². The molecule has 0 bridgehead atoms. The van der Waals surface area contributed by atoms with Crippen molar-refractivity contribution in [1.82, 2.24) is 15.1 Å². The number of carbonyl (C=O) groups is 1. The average Bonchev–Trinajstić information content (AvgIpc) is 2.64. The van der Waals surface area contributed by atoms with Crippen molar-refractivity contribution in [1.29, 1.82) is 0 Å². The molecule has 4 heteroatoms. The molecule has 112 valence electrons. The van der Waals surface area contributed by atoms with Gasteiger partial charge in [-0.05, 0) is 53.8 Å². The number of nitrogens with zero attached hydrogens (tertiary/aromatic N) is 2. The van der Waals surface area contributed by atoms with Gasteiger partial charge in [0.2, 0.25) is 5.91 Å². The van der Waals surface area contributed by atoms with E-state index in [2.05, 4.69) is 31.2 Å². The van der Waals surface area contributed by atoms with Crippen LogP contribution in [0.25, 0.3) is 0 Å². The maximum absolute atomic E-state index is 12.4. The molecular weight excluding hydrogens is 238 g/mol. The van der Waals surface area contributed by atoms with Gasteiger partial charge < -0.3 is 15.1 Å². The zero-order valence-electron chi connectivity index (χ0n) is 13.1. The summed E-state index contributed by atoms with van der Waals surface area (Å²) in [6.45, 7) is 7.10. The first-order valence-corrected chi connectivity index (χ1v) is 7.70. The normalized spacial score (nSPS) is 20.2. The van der Waals surface area contributed by atoms with Crippen molar-refractivity contribution in [3.8, 4) is 0 Å². The highest BCUT2D eigenvalue weighted by Gasteiger charge is 2.22. The smallest absolute Gasteiger partial charge is 0.239 e. The summed E-state index contributed by atoms with van der Waals surface area (Å²) in [5.74, 6) is 0.276. The van der Waals surface area contributed by atoms with E-state index in [-0.39, 0.29) is 11.9 Å². The van der Waals surface area contributed by atoms with Crippen LogP contribution >= 0.6 is 0 Å². The second-order valence-electron chi connectivity index (χ2n) is 6.12. The topological polar surface area (TPSA) is 35.6 Å². The minimum absolute atomic E-state index is 0.0599. The molecule has 0 aromatic carbocycles. The van der Waals surface area contributed by atoms with Gasteiger partial charge in [0.1, 0.15) is 0 Å². The van der Waals surface area contributed by atoms with Gasteiger partial charge in [-0.25, -0.2) is 0 Å². The maximum atomic E-state index is 12.4. The van der Waals surface area contributed by atoms with Crippen LogP contribution in [0.4, 0.5) is 0 Å². The number of likely N-dealkylation sites (tertiary alicyclic amines) is 1. The first-order chi connectivity index (χ1) is 9.00. The molecule has 1 aliphatic rings. The number of hydrogen-bond acceptors (Lipinski definition) is 3. The lowest BCUT2D eigenvalue weighted by Crippen LogP contribution is -2.48. The van der Waals surface area contributed by atoms with Crippen LogP contribution in [0, 0.1) is 0 Å². The van der Waals surface area contributed by atoms with Crippen molar-refractivity contribution in [3.63, 3.8) is 0 Å². The standard InChI is InChI=1S/C15H31N3O/c1-13(9-12-17(3)4)16-14(2)15(19)18-10-7-5-6-8-11-18/h13-14,16H,5-12H2,1-4H3. The fourth-order valence-electron chi connectivity index (χ4n) is 2.60. The van der Waals surface area contributed by atoms with Crippen LogP contribution in [0.5, 0.6) is 0 Å². The molecule has 1 fully saturated rings. The molecule has 0 radical (unpaired) electrons. The van der Waals surface area contributed by atoms with Crippen LogP contribution in [0.3, 0.4) is 0 Å². The molecule has 0 aromatic heterocycles. The number of carbonyl (C=O) groups excluding carboxylic acids is 1. The Labute approximate surface area is 118 Å². The summed E-state index contributed by atoms with van der Waals surface area (Å²) in [6, 6.07) is 0.323. The molecular formula is C15H31N3O. The van der Waals surface area contributed by atoms with Gasteiger partial charge >= 0.3 is 0 Å². The fraction of sp³-hybridized carbons (Fsp3) is 0.933. The lowest BCUT2D eigenvalue weighted by atomic mass is 10.2. The molecule has 19 heavy (non-hydrogen) atoms. The second kappa shape index (κ2) is 8.54. The first kappa shape index (κ1) is 16.4. The van der Waals surface area contributed by atoms with Crippen LogP contribution in [0.2, 0.25) is 0 Å². The minimum atomic E-state index is -0.0599. The van der Waals surface area contributed by atoms with Gasteiger partial charge in [-0.2, -0.15) is 0 Å². The monoisotopic (exact) mass is 269 g/mol. The van der Waals surface area contributed by atoms with Gasteiger partial charge in [-0.15, -0.1) is 0 Å². The van der Waals surface area contributed by atoms with Crippen molar-refractivity contribution < 1.29 is 4.79 Å². The Morgan fingerprint density at radius 3 is 2.26 bits per heavy atom. The first-order valence-electron chi connectivity index (χ1n) is 7.70. The molecule has 0 spiro atoms. The Balaban J connectivity index is 2.34. The van der Waals surface area contributed by atoms with E-state index in [1.807, 2.05) is 11.8 Å². The zero-order chi connectivity index (χ0) is 14.3. The van der Waals surface area contributed by atoms with Gasteiger partial charge in [0.05, 0.1) is 6.04 Å². The average molecular weight is 269 g/mol. The summed E-state index contributed by atoms with van der Waals surface area (Å²) in [5, 5.41) is 3.43. The molecule has 0 aliphatic carbocycles. The predicted octanol–water partition coefficient (Wildman–Crippen LogP) is 1.71. The summed E-state index contributed by atoms with van der Waals surface area (Å²) in [7, 11) is 4.16. The highest BCUT2D eigenvalue weighted by atomic mass is 16.2. The highest BCUT2D eigenvalue weighted by molar-refractivity contribution is 5.81. The van der Waals surface area contributed by atoms with Crippen LogP contribution in [-0.4, -0.2) is 61.5 Å². The maximum Gasteiger partial charge on any atom is 0.239 e. The van der Waals surface area contributed by atoms with E-state index in [9.17, 15) is 4.79 Å². The largest absolute Gasteiger partial charge is 0.341 e. The van der Waals surface area contributed by atoms with Crippen LogP contribution in [-0.2, 0) is 4.79 Å². The lowest BCUT2D eigenvalue weighted by molar-refractivity contribution is -0.133. The Kier molecular flexibility index (Phi) is 7.39. The van der Waals surface area contributed by atoms with E-state index in [1.54, 1.807) is 0 Å². The van der Waals surface area contributed by atoms with Crippen LogP contribution < -0.4 is 5.32 Å². The molecule has 2 atom stereocenters. The molecule has 1 aliphatic heterocycles. The molecule has 2 unspecified atom stereocenters. The third-order valence-corrected chi connectivity index (χ3v) is 3.83. The minimum Gasteiger partial charge on any atom is -0.341 e. The van der Waals surface area contributed by atoms with E-state index < -0.39 is 0 Å². The van der Waals surface area contributed by atoms with Crippen LogP contribution in [0.15, 0.2) is 0 Å². The zero-order valence-corrected chi connectivity index (χ0v) is 13.1. The Morgan fingerprint density at radius 2 is 1.74 bits per heavy atom. The third kappa shape index (κ3) is 6.39. The fourth-order valence-corrected chi connectivity index (χ4v) is 2.60. The molecule has 4 nitrogen and oxygen atoms in total. The van der Waals surface area contributed by atoms with Crippen molar-refractivity contribution in [2.75, 3.05) is 33.7 Å². The summed E-state index contributed by atoms with van der Waals surface area (Å²) in [5.41, 5.74) is 0. The Hall–Kier alpha value is -0.610. The molecule has 1 N–H and O–H groups in total. The summed E-state index contributed by atoms with van der Waals surface area (Å²) < 4.78 is 0. The highest BCUT2D eigenvalue weighted by Crippen LogP contribution is 2.11. The SMILES string of the molecule is CC(CCN(C)C)NC(C)C(=O)N1CCCCCC1. The number of hydrogen-bond donors (Lipinski definition) is 1. The summed E-state index contributed by atoms with van der Waals surface area (Å²) >= 11 is 0. The van der Waals surface area contributed by atoms with Crippen LogP contribution in [0.1, 0.15) is 46.0 Å². The van der Waals surface area contributed by atoms with Gasteiger partial charge in [0.15, 0.2) is 0 Å². The van der Waals surface area contributed by atoms with E-state index in [0.29, 0.717) is 6.04 Å². The predicted molar refractivity (Wildman–Crippen MR) is 80.3 cm³/mol. The Morgan fingerprint density at radius 1 is 1.16 bits per heavy atom. The van der Waals surface area contributed by atoms with Gasteiger partial charge in [-0.1, -0.05) is 12.8 Å². The summed E-state index contributed by atoms with van der Waals surface area (Å²) in [4.78, 5) is 16.6. The molecule has 1 heterocycles. The third-order valence-electron chi connectivity index (χ3n) is 3.83. The number of rotatable bonds is 6. The molecule has 1 saturated heterocycles. The van der Waals surface area contributed by atoms with E-state index in [4.69, 9.17) is 0 Å². The summed E-state index contributed by atoms with van der Waals surface area (Å²) in [6.07, 6.45) is 5.93. The number of nitrogens with one attached hydrogen (secondary N) is 1. The Bertz CT molecular complexity index is 260. The molecule has 1 rings (SSSR count).